The van der Waals surface area contributed by atoms with Crippen LogP contribution in [0.5, 0.6) is 11.5 Å². The molecule has 5 nitrogen and oxygen atoms in total. The number of halogens is 1. The molecular weight excluding hydrogens is 348 g/mol. The topological polar surface area (TPSA) is 61.8 Å². The Morgan fingerprint density at radius 1 is 1.25 bits per heavy atom. The van der Waals surface area contributed by atoms with Crippen molar-refractivity contribution in [2.24, 2.45) is 0 Å². The predicted octanol–water partition coefficient (Wildman–Crippen LogP) is 3.32. The predicted molar refractivity (Wildman–Crippen MR) is 97.3 cm³/mol. The smallest absolute Gasteiger partial charge is 0.281 e. The van der Waals surface area contributed by atoms with Gasteiger partial charge in [0.2, 0.25) is 0 Å². The van der Waals surface area contributed by atoms with E-state index in [0.717, 1.165) is 0 Å². The van der Waals surface area contributed by atoms with Crippen LogP contribution in [0.1, 0.15) is 5.56 Å². The van der Waals surface area contributed by atoms with Crippen LogP contribution in [0.4, 0.5) is 5.69 Å². The molecule has 3 rings (SSSR count). The molecule has 0 atom stereocenters. The largest absolute Gasteiger partial charge is 0.506 e. The summed E-state index contributed by atoms with van der Waals surface area (Å²) in [5.74, 6) is 0.410. The lowest BCUT2D eigenvalue weighted by atomic mass is 10.2. The maximum absolute atomic E-state index is 12.6. The van der Waals surface area contributed by atoms with Crippen LogP contribution in [0.2, 0.25) is 5.02 Å². The second-order valence-corrected chi connectivity index (χ2v) is 5.83. The van der Waals surface area contributed by atoms with Gasteiger partial charge in [-0.2, -0.15) is 0 Å². The molecule has 0 radical (unpaired) electrons. The fraction of sp³-hybridized carbons (Fsp3) is 0.0588. The Balaban J connectivity index is 1.90. The van der Waals surface area contributed by atoms with Gasteiger partial charge in [0.25, 0.3) is 5.91 Å². The molecule has 0 aliphatic carbocycles. The number of nitrogens with one attached hydrogen (secondary N) is 1. The van der Waals surface area contributed by atoms with E-state index in [1.807, 2.05) is 0 Å². The van der Waals surface area contributed by atoms with Crippen molar-refractivity contribution in [1.82, 2.24) is 5.32 Å². The van der Waals surface area contributed by atoms with Crippen LogP contribution < -0.4 is 15.0 Å². The van der Waals surface area contributed by atoms with Crippen molar-refractivity contribution in [3.63, 3.8) is 0 Å². The first kappa shape index (κ1) is 16.3. The number of ether oxygens (including phenoxy) is 1. The number of rotatable bonds is 3. The molecule has 1 saturated heterocycles. The molecule has 0 aromatic heterocycles. The number of aromatic hydroxyl groups is 1. The van der Waals surface area contributed by atoms with Crippen molar-refractivity contribution in [3.05, 3.63) is 58.7 Å². The average molecular weight is 361 g/mol. The van der Waals surface area contributed by atoms with Gasteiger partial charge in [0, 0.05) is 0 Å². The lowest BCUT2D eigenvalue weighted by Crippen LogP contribution is -2.30. The molecular formula is C17H13ClN2O3S. The molecule has 2 aromatic rings. The van der Waals surface area contributed by atoms with E-state index in [2.05, 4.69) is 5.32 Å². The summed E-state index contributed by atoms with van der Waals surface area (Å²) >= 11 is 11.1. The Morgan fingerprint density at radius 3 is 2.58 bits per heavy atom. The van der Waals surface area contributed by atoms with Gasteiger partial charge in [-0.25, -0.2) is 0 Å². The van der Waals surface area contributed by atoms with E-state index in [4.69, 9.17) is 28.6 Å². The third-order valence-corrected chi connectivity index (χ3v) is 4.08. The SMILES string of the molecule is COc1ccc(N2C(=O)/C(=C/c3ccc(O)c(Cl)c3)NC2=S)cc1. The Bertz CT molecular complexity index is 849. The number of carbonyl (C=O) groups excluding carboxylic acids is 1. The van der Waals surface area contributed by atoms with Crippen molar-refractivity contribution in [2.45, 2.75) is 0 Å². The van der Waals surface area contributed by atoms with Gasteiger partial charge < -0.3 is 15.2 Å². The standard InChI is InChI=1S/C17H13ClN2O3S/c1-23-12-5-3-11(4-6-12)20-16(22)14(19-17(20)24)9-10-2-7-15(21)13(18)8-10/h2-9,21H,1H3,(H,19,24)/b14-9-. The number of methoxy groups -OCH3 is 1. The lowest BCUT2D eigenvalue weighted by molar-refractivity contribution is -0.113. The van der Waals surface area contributed by atoms with Gasteiger partial charge >= 0.3 is 0 Å². The van der Waals surface area contributed by atoms with Crippen molar-refractivity contribution in [3.8, 4) is 11.5 Å². The maximum Gasteiger partial charge on any atom is 0.281 e. The second-order valence-electron chi connectivity index (χ2n) is 5.04. The first-order chi connectivity index (χ1) is 11.5. The van der Waals surface area contributed by atoms with Crippen LogP contribution in [0.3, 0.4) is 0 Å². The zero-order valence-corrected chi connectivity index (χ0v) is 14.2. The van der Waals surface area contributed by atoms with Crippen LogP contribution in [0.25, 0.3) is 6.08 Å². The highest BCUT2D eigenvalue weighted by atomic mass is 35.5. The number of nitrogens with zero attached hydrogens (tertiary/aromatic N) is 1. The van der Waals surface area contributed by atoms with Gasteiger partial charge in [-0.15, -0.1) is 0 Å². The van der Waals surface area contributed by atoms with Crippen LogP contribution in [0.15, 0.2) is 48.2 Å². The summed E-state index contributed by atoms with van der Waals surface area (Å²) in [7, 11) is 1.58. The monoisotopic (exact) mass is 360 g/mol. The Hall–Kier alpha value is -2.57. The third-order valence-electron chi connectivity index (χ3n) is 3.49. The molecule has 1 amide bonds. The zero-order chi connectivity index (χ0) is 17.3. The van der Waals surface area contributed by atoms with Crippen LogP contribution >= 0.6 is 23.8 Å². The lowest BCUT2D eigenvalue weighted by Gasteiger charge is -2.14. The van der Waals surface area contributed by atoms with Crippen molar-refractivity contribution >= 4 is 46.6 Å². The van der Waals surface area contributed by atoms with E-state index in [-0.39, 0.29) is 16.7 Å². The van der Waals surface area contributed by atoms with E-state index in [1.54, 1.807) is 49.6 Å². The highest BCUT2D eigenvalue weighted by molar-refractivity contribution is 7.80. The third kappa shape index (κ3) is 3.06. The summed E-state index contributed by atoms with van der Waals surface area (Å²) in [6, 6.07) is 11.7. The van der Waals surface area contributed by atoms with E-state index in [1.165, 1.54) is 11.0 Å². The summed E-state index contributed by atoms with van der Waals surface area (Å²) in [4.78, 5) is 14.0. The Morgan fingerprint density at radius 2 is 1.96 bits per heavy atom. The Kier molecular flexibility index (Phi) is 4.42. The molecule has 2 aromatic carbocycles. The van der Waals surface area contributed by atoms with Crippen LogP contribution in [0, 0.1) is 0 Å². The minimum atomic E-state index is -0.269. The van der Waals surface area contributed by atoms with Crippen molar-refractivity contribution < 1.29 is 14.6 Å². The van der Waals surface area contributed by atoms with Gasteiger partial charge in [-0.05, 0) is 60.3 Å². The van der Waals surface area contributed by atoms with E-state index < -0.39 is 0 Å². The maximum atomic E-state index is 12.6. The number of phenols is 1. The fourth-order valence-electron chi connectivity index (χ4n) is 2.28. The molecule has 0 bridgehead atoms. The summed E-state index contributed by atoms with van der Waals surface area (Å²) in [6.07, 6.45) is 1.63. The molecule has 24 heavy (non-hydrogen) atoms. The highest BCUT2D eigenvalue weighted by Gasteiger charge is 2.31. The van der Waals surface area contributed by atoms with Crippen molar-refractivity contribution in [2.75, 3.05) is 12.0 Å². The number of carbonyl (C=O) groups is 1. The molecule has 0 spiro atoms. The average Bonchev–Trinajstić information content (AvgIpc) is 2.85. The van der Waals surface area contributed by atoms with Crippen LogP contribution in [-0.4, -0.2) is 23.2 Å². The van der Waals surface area contributed by atoms with E-state index in [9.17, 15) is 9.90 Å². The van der Waals surface area contributed by atoms with Gasteiger partial charge in [0.05, 0.1) is 17.8 Å². The molecule has 122 valence electrons. The highest BCUT2D eigenvalue weighted by Crippen LogP contribution is 2.27. The van der Waals surface area contributed by atoms with E-state index in [0.29, 0.717) is 27.8 Å². The molecule has 7 heteroatoms. The number of benzene rings is 2. The number of anilines is 1. The quantitative estimate of drug-likeness (QED) is 0.649. The van der Waals surface area contributed by atoms with Crippen molar-refractivity contribution in [1.29, 1.82) is 0 Å². The molecule has 0 unspecified atom stereocenters. The summed E-state index contributed by atoms with van der Waals surface area (Å²) < 4.78 is 5.11. The minimum absolute atomic E-state index is 0.0140. The minimum Gasteiger partial charge on any atom is -0.506 e. The molecule has 1 fully saturated rings. The Labute approximate surface area is 149 Å². The second kappa shape index (κ2) is 6.51. The molecule has 2 N–H and O–H groups in total. The number of hydrogen-bond acceptors (Lipinski definition) is 4. The van der Waals surface area contributed by atoms with E-state index >= 15 is 0 Å². The zero-order valence-electron chi connectivity index (χ0n) is 12.6. The number of phenolic OH excluding ortho intramolecular Hbond substituents is 1. The molecule has 1 heterocycles. The van der Waals surface area contributed by atoms with Crippen LogP contribution in [-0.2, 0) is 4.79 Å². The van der Waals surface area contributed by atoms with Gasteiger partial charge in [-0.1, -0.05) is 17.7 Å². The number of hydrogen-bond donors (Lipinski definition) is 2. The number of amides is 1. The van der Waals surface area contributed by atoms with Gasteiger partial charge in [0.15, 0.2) is 5.11 Å². The number of thiocarbonyl (C=S) groups is 1. The first-order valence-corrected chi connectivity index (χ1v) is 7.78. The summed E-state index contributed by atoms with van der Waals surface area (Å²) in [5.41, 5.74) is 1.65. The fourth-order valence-corrected chi connectivity index (χ4v) is 2.77. The molecule has 0 saturated carbocycles. The first-order valence-electron chi connectivity index (χ1n) is 6.99. The summed E-state index contributed by atoms with van der Waals surface area (Å²) in [6.45, 7) is 0. The van der Waals surface area contributed by atoms with Gasteiger partial charge in [0.1, 0.15) is 17.2 Å². The molecule has 1 aliphatic heterocycles. The summed E-state index contributed by atoms with van der Waals surface area (Å²) in [5, 5.41) is 12.9. The van der Waals surface area contributed by atoms with Gasteiger partial charge in [-0.3, -0.25) is 9.69 Å². The normalized spacial score (nSPS) is 15.8. The molecule has 1 aliphatic rings.